The standard InChI is InChI=1S/C14H17BrN2O2/c1-3-11-8-17-14(19-11)9-16-7-10-6-12(18-2)4-5-13(10)15/h4-6,8,16H,3,7,9H2,1-2H3. The molecule has 4 nitrogen and oxygen atoms in total. The summed E-state index contributed by atoms with van der Waals surface area (Å²) < 4.78 is 11.8. The van der Waals surface area contributed by atoms with Crippen molar-refractivity contribution in [1.82, 2.24) is 10.3 Å². The number of aryl methyl sites for hydroxylation is 1. The van der Waals surface area contributed by atoms with Crippen molar-refractivity contribution in [2.45, 2.75) is 26.4 Å². The number of methoxy groups -OCH3 is 1. The van der Waals surface area contributed by atoms with Crippen LogP contribution in [0.1, 0.15) is 24.1 Å². The lowest BCUT2D eigenvalue weighted by Gasteiger charge is -2.07. The van der Waals surface area contributed by atoms with Gasteiger partial charge in [0.2, 0.25) is 5.89 Å². The highest BCUT2D eigenvalue weighted by molar-refractivity contribution is 9.10. The van der Waals surface area contributed by atoms with Gasteiger partial charge in [0.15, 0.2) is 0 Å². The molecule has 5 heteroatoms. The van der Waals surface area contributed by atoms with Crippen molar-refractivity contribution in [1.29, 1.82) is 0 Å². The lowest BCUT2D eigenvalue weighted by molar-refractivity contribution is 0.413. The van der Waals surface area contributed by atoms with Gasteiger partial charge in [-0.2, -0.15) is 0 Å². The van der Waals surface area contributed by atoms with Crippen molar-refractivity contribution in [3.05, 3.63) is 46.1 Å². The van der Waals surface area contributed by atoms with E-state index < -0.39 is 0 Å². The molecule has 0 saturated carbocycles. The number of aromatic nitrogens is 1. The number of rotatable bonds is 6. The Bertz CT molecular complexity index is 540. The van der Waals surface area contributed by atoms with E-state index in [1.54, 1.807) is 13.3 Å². The highest BCUT2D eigenvalue weighted by Gasteiger charge is 2.04. The predicted molar refractivity (Wildman–Crippen MR) is 77.1 cm³/mol. The molecule has 0 aliphatic carbocycles. The van der Waals surface area contributed by atoms with Crippen molar-refractivity contribution in [3.63, 3.8) is 0 Å². The van der Waals surface area contributed by atoms with Crippen LogP contribution in [0.3, 0.4) is 0 Å². The second-order valence-electron chi connectivity index (χ2n) is 4.13. The summed E-state index contributed by atoms with van der Waals surface area (Å²) in [7, 11) is 1.67. The van der Waals surface area contributed by atoms with Crippen LogP contribution in [-0.4, -0.2) is 12.1 Å². The maximum Gasteiger partial charge on any atom is 0.208 e. The number of nitrogens with one attached hydrogen (secondary N) is 1. The Balaban J connectivity index is 1.91. The van der Waals surface area contributed by atoms with Gasteiger partial charge in [0.05, 0.1) is 19.9 Å². The summed E-state index contributed by atoms with van der Waals surface area (Å²) in [6.07, 6.45) is 2.65. The molecule has 102 valence electrons. The monoisotopic (exact) mass is 324 g/mol. The van der Waals surface area contributed by atoms with E-state index >= 15 is 0 Å². The average Bonchev–Trinajstić information content (AvgIpc) is 2.89. The molecule has 2 aromatic rings. The lowest BCUT2D eigenvalue weighted by Crippen LogP contribution is -2.13. The van der Waals surface area contributed by atoms with Gasteiger partial charge in [-0.15, -0.1) is 0 Å². The number of hydrogen-bond donors (Lipinski definition) is 1. The van der Waals surface area contributed by atoms with Gasteiger partial charge in [-0.1, -0.05) is 22.9 Å². The first-order valence-electron chi connectivity index (χ1n) is 6.19. The molecule has 0 saturated heterocycles. The van der Waals surface area contributed by atoms with Crippen molar-refractivity contribution in [3.8, 4) is 5.75 Å². The van der Waals surface area contributed by atoms with Crippen LogP contribution in [0.4, 0.5) is 0 Å². The Morgan fingerprint density at radius 3 is 2.89 bits per heavy atom. The lowest BCUT2D eigenvalue weighted by atomic mass is 10.2. The molecule has 0 unspecified atom stereocenters. The number of nitrogens with zero attached hydrogens (tertiary/aromatic N) is 1. The fourth-order valence-corrected chi connectivity index (χ4v) is 2.10. The number of benzene rings is 1. The molecule has 1 aromatic heterocycles. The molecule has 0 spiro atoms. The molecule has 0 fully saturated rings. The first kappa shape index (κ1) is 14.1. The van der Waals surface area contributed by atoms with Crippen molar-refractivity contribution >= 4 is 15.9 Å². The molecule has 19 heavy (non-hydrogen) atoms. The number of halogens is 1. The molecule has 1 heterocycles. The summed E-state index contributed by atoms with van der Waals surface area (Å²) in [5.74, 6) is 2.49. The van der Waals surface area contributed by atoms with Crippen LogP contribution in [0.25, 0.3) is 0 Å². The van der Waals surface area contributed by atoms with Gasteiger partial charge in [0, 0.05) is 17.4 Å². The third kappa shape index (κ3) is 3.81. The maximum absolute atomic E-state index is 5.54. The molecule has 0 amide bonds. The zero-order valence-electron chi connectivity index (χ0n) is 11.1. The van der Waals surface area contributed by atoms with Crippen LogP contribution < -0.4 is 10.1 Å². The van der Waals surface area contributed by atoms with Crippen molar-refractivity contribution in [2.75, 3.05) is 7.11 Å². The normalized spacial score (nSPS) is 10.7. The van der Waals surface area contributed by atoms with E-state index in [1.165, 1.54) is 0 Å². The molecular weight excluding hydrogens is 308 g/mol. The first-order chi connectivity index (χ1) is 9.22. The van der Waals surface area contributed by atoms with E-state index in [-0.39, 0.29) is 0 Å². The summed E-state index contributed by atoms with van der Waals surface area (Å²) in [5, 5.41) is 3.31. The third-order valence-corrected chi connectivity index (χ3v) is 3.57. The van der Waals surface area contributed by atoms with Gasteiger partial charge in [0.25, 0.3) is 0 Å². The Kier molecular flexibility index (Phi) is 4.99. The molecule has 0 atom stereocenters. The summed E-state index contributed by atoms with van der Waals surface area (Å²) in [4.78, 5) is 4.21. The van der Waals surface area contributed by atoms with E-state index in [9.17, 15) is 0 Å². The van der Waals surface area contributed by atoms with E-state index in [0.29, 0.717) is 6.54 Å². The highest BCUT2D eigenvalue weighted by atomic mass is 79.9. The van der Waals surface area contributed by atoms with Gasteiger partial charge < -0.3 is 14.5 Å². The highest BCUT2D eigenvalue weighted by Crippen LogP contribution is 2.22. The Labute approximate surface area is 121 Å². The van der Waals surface area contributed by atoms with Crippen molar-refractivity contribution in [2.24, 2.45) is 0 Å². The van der Waals surface area contributed by atoms with Crippen LogP contribution in [0.5, 0.6) is 5.75 Å². The minimum absolute atomic E-state index is 0.615. The largest absolute Gasteiger partial charge is 0.497 e. The summed E-state index contributed by atoms with van der Waals surface area (Å²) in [6, 6.07) is 5.91. The molecule has 0 bridgehead atoms. The van der Waals surface area contributed by atoms with E-state index in [4.69, 9.17) is 9.15 Å². The summed E-state index contributed by atoms with van der Waals surface area (Å²) in [5.41, 5.74) is 1.14. The number of hydrogen-bond acceptors (Lipinski definition) is 4. The predicted octanol–water partition coefficient (Wildman–Crippen LogP) is 3.30. The summed E-state index contributed by atoms with van der Waals surface area (Å²) in [6.45, 7) is 3.39. The molecule has 0 radical (unpaired) electrons. The second kappa shape index (κ2) is 6.73. The first-order valence-corrected chi connectivity index (χ1v) is 6.99. The SMILES string of the molecule is CCc1cnc(CNCc2cc(OC)ccc2Br)o1. The van der Waals surface area contributed by atoms with Crippen LogP contribution in [0, 0.1) is 0 Å². The number of ether oxygens (including phenoxy) is 1. The van der Waals surface area contributed by atoms with Crippen LogP contribution in [0.15, 0.2) is 33.3 Å². The van der Waals surface area contributed by atoms with Gasteiger partial charge >= 0.3 is 0 Å². The van der Waals surface area contributed by atoms with E-state index in [0.717, 1.165) is 40.4 Å². The Morgan fingerprint density at radius 2 is 2.21 bits per heavy atom. The Hall–Kier alpha value is -1.33. The minimum atomic E-state index is 0.615. The van der Waals surface area contributed by atoms with Crippen molar-refractivity contribution < 1.29 is 9.15 Å². The number of oxazole rings is 1. The third-order valence-electron chi connectivity index (χ3n) is 2.79. The van der Waals surface area contributed by atoms with Gasteiger partial charge in [-0.3, -0.25) is 0 Å². The quantitative estimate of drug-likeness (QED) is 0.885. The van der Waals surface area contributed by atoms with Crippen LogP contribution in [-0.2, 0) is 19.5 Å². The average molecular weight is 325 g/mol. The van der Waals surface area contributed by atoms with E-state index in [2.05, 4.69) is 26.2 Å². The molecular formula is C14H17BrN2O2. The topological polar surface area (TPSA) is 47.3 Å². The summed E-state index contributed by atoms with van der Waals surface area (Å²) >= 11 is 3.53. The fraction of sp³-hybridized carbons (Fsp3) is 0.357. The van der Waals surface area contributed by atoms with Crippen LogP contribution in [0.2, 0.25) is 0 Å². The minimum Gasteiger partial charge on any atom is -0.497 e. The van der Waals surface area contributed by atoms with E-state index in [1.807, 2.05) is 25.1 Å². The fourth-order valence-electron chi connectivity index (χ4n) is 1.71. The molecule has 0 aliphatic heterocycles. The smallest absolute Gasteiger partial charge is 0.208 e. The molecule has 0 aliphatic rings. The Morgan fingerprint density at radius 1 is 1.37 bits per heavy atom. The molecule has 1 N–H and O–H groups in total. The second-order valence-corrected chi connectivity index (χ2v) is 4.99. The van der Waals surface area contributed by atoms with Gasteiger partial charge in [-0.05, 0) is 23.8 Å². The molecule has 2 rings (SSSR count). The zero-order chi connectivity index (χ0) is 13.7. The van der Waals surface area contributed by atoms with Crippen LogP contribution >= 0.6 is 15.9 Å². The molecule has 1 aromatic carbocycles. The van der Waals surface area contributed by atoms with Gasteiger partial charge in [0.1, 0.15) is 11.5 Å². The zero-order valence-corrected chi connectivity index (χ0v) is 12.7. The maximum atomic E-state index is 5.54. The van der Waals surface area contributed by atoms with Gasteiger partial charge in [-0.25, -0.2) is 4.98 Å².